The maximum atomic E-state index is 4.95. The summed E-state index contributed by atoms with van der Waals surface area (Å²) in [6, 6.07) is 0. The Balaban J connectivity index is 1.89. The number of hydrogen-bond donors (Lipinski definition) is 2. The zero-order valence-electron chi connectivity index (χ0n) is 7.99. The Bertz CT molecular complexity index is 338. The maximum absolute atomic E-state index is 4.95. The zero-order chi connectivity index (χ0) is 9.97. The quantitative estimate of drug-likeness (QED) is 0.736. The molecule has 0 atom stereocenters. The third-order valence-electron chi connectivity index (χ3n) is 2.20. The normalized spacial score (nSPS) is 19.8. The summed E-state index contributed by atoms with van der Waals surface area (Å²) >= 11 is 6.42. The van der Waals surface area contributed by atoms with Crippen molar-refractivity contribution < 1.29 is 0 Å². The molecular weight excluding hydrogens is 218 g/mol. The van der Waals surface area contributed by atoms with Gasteiger partial charge in [-0.15, -0.1) is 5.10 Å². The van der Waals surface area contributed by atoms with Gasteiger partial charge in [-0.1, -0.05) is 11.3 Å². The Hall–Kier alpha value is -0.500. The molecule has 2 heterocycles. The number of aromatic amines is 1. The fourth-order valence-electron chi connectivity index (χ4n) is 1.33. The second kappa shape index (κ2) is 4.35. The van der Waals surface area contributed by atoms with E-state index in [0.717, 1.165) is 31.3 Å². The fourth-order valence-corrected chi connectivity index (χ4v) is 2.15. The number of anilines is 1. The number of hydrogen-bond acceptors (Lipinski definition) is 6. The van der Waals surface area contributed by atoms with Gasteiger partial charge >= 0.3 is 0 Å². The van der Waals surface area contributed by atoms with Crippen LogP contribution in [0.4, 0.5) is 5.13 Å². The van der Waals surface area contributed by atoms with Crippen molar-refractivity contribution in [3.8, 4) is 0 Å². The first kappa shape index (κ1) is 10.0. The minimum Gasteiger partial charge on any atom is -0.304 e. The van der Waals surface area contributed by atoms with Crippen LogP contribution in [0.1, 0.15) is 0 Å². The molecule has 1 fully saturated rings. The highest BCUT2D eigenvalue weighted by atomic mass is 32.1. The van der Waals surface area contributed by atoms with Crippen LogP contribution < -0.4 is 5.43 Å². The zero-order valence-corrected chi connectivity index (χ0v) is 9.62. The Kier molecular flexibility index (Phi) is 3.12. The lowest BCUT2D eigenvalue weighted by molar-refractivity contribution is 0.179. The molecule has 0 unspecified atom stereocenters. The summed E-state index contributed by atoms with van der Waals surface area (Å²) in [7, 11) is 2.13. The molecule has 1 saturated heterocycles. The molecular formula is C7H13N5S2. The molecule has 78 valence electrons. The summed E-state index contributed by atoms with van der Waals surface area (Å²) in [6.07, 6.45) is 0. The van der Waals surface area contributed by atoms with Gasteiger partial charge in [0.2, 0.25) is 5.13 Å². The fraction of sp³-hybridized carbons (Fsp3) is 0.714. The summed E-state index contributed by atoms with van der Waals surface area (Å²) in [5.74, 6) is 0. The highest BCUT2D eigenvalue weighted by molar-refractivity contribution is 7.73. The number of hydrazine groups is 1. The third-order valence-corrected chi connectivity index (χ3v) is 3.19. The van der Waals surface area contributed by atoms with Crippen molar-refractivity contribution >= 4 is 28.7 Å². The van der Waals surface area contributed by atoms with E-state index < -0.39 is 0 Å². The van der Waals surface area contributed by atoms with E-state index in [-0.39, 0.29) is 0 Å². The lowest BCUT2D eigenvalue weighted by atomic mass is 10.4. The van der Waals surface area contributed by atoms with Crippen LogP contribution in [-0.4, -0.2) is 53.3 Å². The van der Waals surface area contributed by atoms with Gasteiger partial charge in [-0.3, -0.25) is 10.5 Å². The summed E-state index contributed by atoms with van der Waals surface area (Å²) in [6.45, 7) is 4.21. The maximum Gasteiger partial charge on any atom is 0.218 e. The average Bonchev–Trinajstić information content (AvgIpc) is 2.56. The Morgan fingerprint density at radius 3 is 2.71 bits per heavy atom. The Labute approximate surface area is 91.7 Å². The second-order valence-corrected chi connectivity index (χ2v) is 4.99. The van der Waals surface area contributed by atoms with Crippen LogP contribution in [0, 0.1) is 3.95 Å². The number of nitrogens with one attached hydrogen (secondary N) is 2. The number of H-pyrrole nitrogens is 1. The molecule has 0 amide bonds. The lowest BCUT2D eigenvalue weighted by Crippen LogP contribution is -2.46. The highest BCUT2D eigenvalue weighted by Crippen LogP contribution is 2.12. The van der Waals surface area contributed by atoms with E-state index in [1.807, 2.05) is 0 Å². The molecule has 2 N–H and O–H groups in total. The van der Waals surface area contributed by atoms with Crippen molar-refractivity contribution in [1.82, 2.24) is 20.1 Å². The number of nitrogens with zero attached hydrogens (tertiary/aromatic N) is 3. The van der Waals surface area contributed by atoms with Crippen molar-refractivity contribution in [2.45, 2.75) is 0 Å². The monoisotopic (exact) mass is 231 g/mol. The van der Waals surface area contributed by atoms with Crippen LogP contribution >= 0.6 is 23.6 Å². The third kappa shape index (κ3) is 2.50. The lowest BCUT2D eigenvalue weighted by Gasteiger charge is -2.31. The first-order valence-corrected chi connectivity index (χ1v) is 5.72. The van der Waals surface area contributed by atoms with Gasteiger partial charge in [0.15, 0.2) is 3.95 Å². The molecule has 0 spiro atoms. The summed E-state index contributed by atoms with van der Waals surface area (Å²) in [4.78, 5) is 2.31. The van der Waals surface area contributed by atoms with Gasteiger partial charge in [0.1, 0.15) is 0 Å². The molecule has 0 aliphatic carbocycles. The SMILES string of the molecule is CN1CCN(Nc2n[nH]c(=S)s2)CC1. The summed E-state index contributed by atoms with van der Waals surface area (Å²) < 4.78 is 0.710. The minimum absolute atomic E-state index is 0.710. The molecule has 1 aromatic heterocycles. The van der Waals surface area contributed by atoms with Gasteiger partial charge in [-0.05, 0) is 19.3 Å². The summed E-state index contributed by atoms with van der Waals surface area (Å²) in [5, 5.41) is 9.82. The van der Waals surface area contributed by atoms with E-state index in [1.165, 1.54) is 11.3 Å². The molecule has 1 aliphatic heterocycles. The number of piperazine rings is 1. The number of aromatic nitrogens is 2. The van der Waals surface area contributed by atoms with Gasteiger partial charge in [-0.25, -0.2) is 5.01 Å². The van der Waals surface area contributed by atoms with E-state index >= 15 is 0 Å². The van der Waals surface area contributed by atoms with Gasteiger partial charge in [0.25, 0.3) is 0 Å². The topological polar surface area (TPSA) is 47.2 Å². The number of likely N-dealkylation sites (N-methyl/N-ethyl adjacent to an activating group) is 1. The van der Waals surface area contributed by atoms with Gasteiger partial charge in [0, 0.05) is 26.2 Å². The van der Waals surface area contributed by atoms with Gasteiger partial charge < -0.3 is 4.90 Å². The van der Waals surface area contributed by atoms with Gasteiger partial charge in [0.05, 0.1) is 0 Å². The molecule has 1 aromatic rings. The largest absolute Gasteiger partial charge is 0.304 e. The predicted molar refractivity (Wildman–Crippen MR) is 60.0 cm³/mol. The molecule has 7 heteroatoms. The minimum atomic E-state index is 0.710. The van der Waals surface area contributed by atoms with E-state index in [2.05, 4.69) is 32.6 Å². The van der Waals surface area contributed by atoms with Crippen LogP contribution in [0.2, 0.25) is 0 Å². The molecule has 0 bridgehead atoms. The van der Waals surface area contributed by atoms with Crippen LogP contribution in [0.15, 0.2) is 0 Å². The highest BCUT2D eigenvalue weighted by Gasteiger charge is 2.14. The molecule has 0 radical (unpaired) electrons. The number of rotatable bonds is 2. The van der Waals surface area contributed by atoms with Crippen LogP contribution in [0.3, 0.4) is 0 Å². The Morgan fingerprint density at radius 2 is 2.14 bits per heavy atom. The van der Waals surface area contributed by atoms with Gasteiger partial charge in [-0.2, -0.15) is 0 Å². The summed E-state index contributed by atoms with van der Waals surface area (Å²) in [5.41, 5.74) is 3.24. The van der Waals surface area contributed by atoms with E-state index in [9.17, 15) is 0 Å². The van der Waals surface area contributed by atoms with Crippen molar-refractivity contribution in [2.24, 2.45) is 0 Å². The van der Waals surface area contributed by atoms with Crippen molar-refractivity contribution in [3.63, 3.8) is 0 Å². The van der Waals surface area contributed by atoms with E-state index in [4.69, 9.17) is 12.2 Å². The Morgan fingerprint density at radius 1 is 1.43 bits per heavy atom. The van der Waals surface area contributed by atoms with Crippen molar-refractivity contribution in [2.75, 3.05) is 38.7 Å². The molecule has 14 heavy (non-hydrogen) atoms. The smallest absolute Gasteiger partial charge is 0.218 e. The molecule has 0 aromatic carbocycles. The first-order chi connectivity index (χ1) is 6.74. The van der Waals surface area contributed by atoms with Crippen molar-refractivity contribution in [1.29, 1.82) is 0 Å². The van der Waals surface area contributed by atoms with E-state index in [1.54, 1.807) is 0 Å². The molecule has 0 saturated carbocycles. The van der Waals surface area contributed by atoms with Crippen LogP contribution in [0.5, 0.6) is 0 Å². The van der Waals surface area contributed by atoms with Crippen LogP contribution in [0.25, 0.3) is 0 Å². The van der Waals surface area contributed by atoms with Crippen LogP contribution in [-0.2, 0) is 0 Å². The molecule has 2 rings (SSSR count). The standard InChI is InChI=1S/C7H13N5S2/c1-11-2-4-12(5-3-11)10-6-8-9-7(13)14-6/h2-5H2,1H3,(H,8,10)(H,9,13). The second-order valence-electron chi connectivity index (χ2n) is 3.32. The van der Waals surface area contributed by atoms with E-state index in [0.29, 0.717) is 3.95 Å². The van der Waals surface area contributed by atoms with Crippen molar-refractivity contribution in [3.05, 3.63) is 3.95 Å². The molecule has 1 aliphatic rings. The average molecular weight is 231 g/mol. The molecule has 5 nitrogen and oxygen atoms in total. The predicted octanol–water partition coefficient (Wildman–Crippen LogP) is 0.775. The first-order valence-electron chi connectivity index (χ1n) is 4.50.